The van der Waals surface area contributed by atoms with Crippen LogP contribution in [0.4, 0.5) is 0 Å². The van der Waals surface area contributed by atoms with Crippen LogP contribution < -0.4 is 0 Å². The molecule has 0 aliphatic heterocycles. The standard InChI is InChI=1S/C31H65O17P3/c1-3-5-7-9-11-13-15-17-19-21-43-23-25(44-22-20-18-16-14-12-10-8-6-4-2)24-45-51(41,42)48-29-26(32)27(33)30(46-49(35,36)37)31(28(29)34)47-50(38,39)40/h25-34H,3-24H2,1-2H3,(H,41,42)(H2,35,36,37)(H2,38,39,40)/t25-,26-,27+,28+,29-,30-,31-/m1/s1/i1T,2T,3T,4T/t3?,4?,25-,26-,27+,28+,29-,30-,31-. The van der Waals surface area contributed by atoms with Crippen LogP contribution in [0.5, 0.6) is 0 Å². The van der Waals surface area contributed by atoms with Crippen LogP contribution in [0.15, 0.2) is 0 Å². The Hall–Kier alpha value is 0.130. The van der Waals surface area contributed by atoms with Gasteiger partial charge in [0.2, 0.25) is 0 Å². The Kier molecular flexibility index (Phi) is 22.3. The fraction of sp³-hybridized carbons (Fsp3) is 1.00. The molecule has 0 amide bonds. The minimum atomic E-state index is -5.54. The first-order valence-corrected chi connectivity index (χ1v) is 22.2. The van der Waals surface area contributed by atoms with Gasteiger partial charge in [0, 0.05) is 18.7 Å². The molecule has 306 valence electrons. The van der Waals surface area contributed by atoms with Gasteiger partial charge >= 0.3 is 23.5 Å². The van der Waals surface area contributed by atoms with E-state index in [-0.39, 0.29) is 39.8 Å². The smallest absolute Gasteiger partial charge is 0.387 e. The number of phosphoric ester groups is 3. The van der Waals surface area contributed by atoms with E-state index in [9.17, 15) is 53.5 Å². The molecule has 0 bridgehead atoms. The SMILES string of the molecule is [3H]CC([3H])CCCCCCCCCOC[C@H](COP(=O)(O)O[C@@H]1[C@H](O)[C@H](O)[C@@H](OP(=O)(O)O)[C@H](OP(=O)(O)O)[C@H]1O)OCCCCCCCCCC([3H])C[3H]. The van der Waals surface area contributed by atoms with Crippen LogP contribution in [0.2, 0.25) is 0 Å². The number of aliphatic hydroxyl groups is 3. The zero-order valence-electron chi connectivity index (χ0n) is 33.3. The summed E-state index contributed by atoms with van der Waals surface area (Å²) in [6.45, 7) is 0.256. The van der Waals surface area contributed by atoms with E-state index in [1.807, 2.05) is 0 Å². The maximum Gasteiger partial charge on any atom is 0.472 e. The molecule has 10 atom stereocenters. The summed E-state index contributed by atoms with van der Waals surface area (Å²) in [4.78, 5) is 47.4. The molecule has 0 radical (unpaired) electrons. The van der Waals surface area contributed by atoms with E-state index in [2.05, 4.69) is 9.05 Å². The van der Waals surface area contributed by atoms with Gasteiger partial charge < -0.3 is 49.3 Å². The molecular weight excluding hydrogens is 737 g/mol. The Morgan fingerprint density at radius 2 is 0.961 bits per heavy atom. The summed E-state index contributed by atoms with van der Waals surface area (Å²) in [6, 6.07) is 0. The molecule has 1 aliphatic rings. The second kappa shape index (κ2) is 26.9. The molecule has 0 spiro atoms. The first kappa shape index (κ1) is 42.3. The number of phosphoric acid groups is 3. The molecule has 1 fully saturated rings. The fourth-order valence-corrected chi connectivity index (χ4v) is 7.57. The molecule has 1 aliphatic carbocycles. The Morgan fingerprint density at radius 1 is 0.549 bits per heavy atom. The number of ether oxygens (including phenoxy) is 2. The van der Waals surface area contributed by atoms with Crippen molar-refractivity contribution in [1.29, 1.82) is 0 Å². The molecule has 20 heteroatoms. The molecule has 0 saturated heterocycles. The van der Waals surface area contributed by atoms with E-state index in [1.54, 1.807) is 0 Å². The average Bonchev–Trinajstić information content (AvgIpc) is 3.11. The second-order valence-corrected chi connectivity index (χ2v) is 16.4. The van der Waals surface area contributed by atoms with E-state index in [1.165, 1.54) is 0 Å². The van der Waals surface area contributed by atoms with Crippen LogP contribution in [0, 0.1) is 0 Å². The quantitative estimate of drug-likeness (QED) is 0.0328. The molecule has 1 saturated carbocycles. The summed E-state index contributed by atoms with van der Waals surface area (Å²) in [5, 5.41) is 31.7. The van der Waals surface area contributed by atoms with Crippen molar-refractivity contribution >= 4 is 23.5 Å². The third kappa shape index (κ3) is 23.6. The number of rotatable bonds is 32. The molecular formula is C31H65O17P3. The first-order chi connectivity index (χ1) is 25.8. The van der Waals surface area contributed by atoms with Crippen molar-refractivity contribution in [3.8, 4) is 0 Å². The lowest BCUT2D eigenvalue weighted by atomic mass is 9.85. The van der Waals surface area contributed by atoms with Crippen molar-refractivity contribution in [3.63, 3.8) is 0 Å². The highest BCUT2D eigenvalue weighted by Crippen LogP contribution is 2.51. The molecule has 1 rings (SSSR count). The van der Waals surface area contributed by atoms with Gasteiger partial charge in [-0.3, -0.25) is 18.1 Å². The van der Waals surface area contributed by atoms with Gasteiger partial charge in [-0.15, -0.1) is 0 Å². The maximum absolute atomic E-state index is 13.0. The van der Waals surface area contributed by atoms with Crippen LogP contribution in [0.3, 0.4) is 0 Å². The van der Waals surface area contributed by atoms with Crippen LogP contribution in [-0.2, 0) is 41.3 Å². The highest BCUT2D eigenvalue weighted by atomic mass is 31.2. The summed E-state index contributed by atoms with van der Waals surface area (Å²) in [5.74, 6) is 0. The molecule has 0 aromatic heterocycles. The second-order valence-electron chi connectivity index (χ2n) is 12.6. The number of hydrogen-bond acceptors (Lipinski definition) is 12. The van der Waals surface area contributed by atoms with Gasteiger partial charge in [0.05, 0.1) is 13.2 Å². The zero-order valence-corrected chi connectivity index (χ0v) is 32.0. The lowest BCUT2D eigenvalue weighted by Gasteiger charge is -2.44. The summed E-state index contributed by atoms with van der Waals surface area (Å²) in [6.07, 6.45) is -1.44. The predicted octanol–water partition coefficient (Wildman–Crippen LogP) is 5.00. The third-order valence-electron chi connectivity index (χ3n) is 8.12. The third-order valence-corrected chi connectivity index (χ3v) is 10.1. The Bertz CT molecular complexity index is 1140. The minimum absolute atomic E-state index is 0.0351. The number of unbranched alkanes of at least 4 members (excludes halogenated alkanes) is 12. The monoisotopic (exact) mass is 810 g/mol. The Labute approximate surface area is 308 Å². The van der Waals surface area contributed by atoms with Gasteiger partial charge in [-0.25, -0.2) is 13.7 Å². The van der Waals surface area contributed by atoms with Crippen LogP contribution >= 0.6 is 23.5 Å². The summed E-state index contributed by atoms with van der Waals surface area (Å²) in [7, 11) is -16.3. The molecule has 3 unspecified atom stereocenters. The molecule has 0 aromatic carbocycles. The van der Waals surface area contributed by atoms with Crippen LogP contribution in [0.25, 0.3) is 0 Å². The largest absolute Gasteiger partial charge is 0.472 e. The number of aliphatic hydroxyl groups excluding tert-OH is 3. The average molecular weight is 811 g/mol. The Morgan fingerprint density at radius 3 is 1.43 bits per heavy atom. The van der Waals surface area contributed by atoms with Gasteiger partial charge in [0.25, 0.3) is 0 Å². The highest BCUT2D eigenvalue weighted by molar-refractivity contribution is 7.47. The van der Waals surface area contributed by atoms with Gasteiger partial charge in [-0.05, 0) is 12.8 Å². The zero-order chi connectivity index (χ0) is 41.5. The molecule has 8 N–H and O–H groups in total. The van der Waals surface area contributed by atoms with Crippen molar-refractivity contribution < 1.29 is 86.5 Å². The molecule has 0 heterocycles. The predicted molar refractivity (Wildman–Crippen MR) is 188 cm³/mol. The van der Waals surface area contributed by atoms with Gasteiger partial charge in [0.15, 0.2) is 0 Å². The number of hydrogen-bond donors (Lipinski definition) is 8. The summed E-state index contributed by atoms with van der Waals surface area (Å²) < 4.78 is 95.8. The summed E-state index contributed by atoms with van der Waals surface area (Å²) >= 11 is 0. The lowest BCUT2D eigenvalue weighted by Crippen LogP contribution is -2.65. The lowest BCUT2D eigenvalue weighted by molar-refractivity contribution is -0.213. The molecule has 51 heavy (non-hydrogen) atoms. The van der Waals surface area contributed by atoms with Gasteiger partial charge in [0.1, 0.15) is 42.7 Å². The minimum Gasteiger partial charge on any atom is -0.387 e. The maximum atomic E-state index is 13.0. The van der Waals surface area contributed by atoms with Crippen molar-refractivity contribution in [2.24, 2.45) is 0 Å². The van der Waals surface area contributed by atoms with Gasteiger partial charge in [-0.1, -0.05) is 116 Å². The van der Waals surface area contributed by atoms with Crippen molar-refractivity contribution in [2.75, 3.05) is 26.4 Å². The first-order valence-electron chi connectivity index (χ1n) is 20.2. The summed E-state index contributed by atoms with van der Waals surface area (Å²) in [5.41, 5.74) is 0. The molecule has 17 nitrogen and oxygen atoms in total. The van der Waals surface area contributed by atoms with E-state index in [4.69, 9.17) is 24.0 Å². The Balaban J connectivity index is 2.72. The van der Waals surface area contributed by atoms with E-state index < -0.39 is 72.8 Å². The normalized spacial score (nSPS) is 27.1. The van der Waals surface area contributed by atoms with Crippen molar-refractivity contribution in [2.45, 2.75) is 172 Å². The van der Waals surface area contributed by atoms with Crippen LogP contribution in [0.1, 0.15) is 135 Å². The highest BCUT2D eigenvalue weighted by Gasteiger charge is 2.56. The van der Waals surface area contributed by atoms with E-state index >= 15 is 0 Å². The fourth-order valence-electron chi connectivity index (χ4n) is 5.47. The van der Waals surface area contributed by atoms with Crippen molar-refractivity contribution in [3.05, 3.63) is 0 Å². The van der Waals surface area contributed by atoms with E-state index in [0.29, 0.717) is 13.0 Å². The van der Waals surface area contributed by atoms with E-state index in [0.717, 1.165) is 96.3 Å². The van der Waals surface area contributed by atoms with Crippen molar-refractivity contribution in [1.82, 2.24) is 0 Å². The topological polar surface area (TPSA) is 268 Å². The van der Waals surface area contributed by atoms with Gasteiger partial charge in [-0.2, -0.15) is 0 Å². The molecule has 0 aromatic rings. The van der Waals surface area contributed by atoms with Crippen LogP contribution in [-0.4, -0.2) is 109 Å².